The van der Waals surface area contributed by atoms with E-state index in [1.54, 1.807) is 24.7 Å². The minimum atomic E-state index is 0.765. The summed E-state index contributed by atoms with van der Waals surface area (Å²) >= 11 is 1.45. The first-order valence-corrected chi connectivity index (χ1v) is 4.02. The van der Waals surface area contributed by atoms with Crippen LogP contribution >= 0.6 is 11.9 Å². The van der Waals surface area contributed by atoms with Gasteiger partial charge in [-0.25, -0.2) is 4.98 Å². The number of aromatic nitrogens is 2. The maximum Gasteiger partial charge on any atom is 0.129 e. The first-order chi connectivity index (χ1) is 5.43. The fourth-order valence-electron chi connectivity index (χ4n) is 0.513. The summed E-state index contributed by atoms with van der Waals surface area (Å²) in [6, 6.07) is 0. The average Bonchev–Trinajstić information content (AvgIpc) is 2.07. The van der Waals surface area contributed by atoms with Crippen molar-refractivity contribution >= 4 is 11.9 Å². The van der Waals surface area contributed by atoms with Gasteiger partial charge < -0.3 is 0 Å². The van der Waals surface area contributed by atoms with Crippen LogP contribution in [-0.2, 0) is 0 Å². The lowest BCUT2D eigenvalue weighted by atomic mass is 10.7. The molecule has 11 heavy (non-hydrogen) atoms. The largest absolute Gasteiger partial charge is 0.260 e. The van der Waals surface area contributed by atoms with Gasteiger partial charge in [-0.15, -0.1) is 6.58 Å². The predicted molar refractivity (Wildman–Crippen MR) is 46.1 cm³/mol. The van der Waals surface area contributed by atoms with Gasteiger partial charge in [-0.3, -0.25) is 9.71 Å². The van der Waals surface area contributed by atoms with E-state index in [9.17, 15) is 0 Å². The van der Waals surface area contributed by atoms with E-state index in [1.165, 1.54) is 11.9 Å². The molecule has 4 heteroatoms. The Morgan fingerprint density at radius 3 is 3.18 bits per heavy atom. The monoisotopic (exact) mass is 167 g/mol. The lowest BCUT2D eigenvalue weighted by Crippen LogP contribution is -2.02. The molecule has 1 heterocycles. The van der Waals surface area contributed by atoms with Gasteiger partial charge in [0.15, 0.2) is 0 Å². The molecule has 0 fully saturated rings. The second-order valence-corrected chi connectivity index (χ2v) is 2.69. The number of hydrogen-bond acceptors (Lipinski definition) is 4. The highest BCUT2D eigenvalue weighted by molar-refractivity contribution is 7.97. The first-order valence-electron chi connectivity index (χ1n) is 3.20. The molecule has 0 aliphatic rings. The van der Waals surface area contributed by atoms with Crippen molar-refractivity contribution in [2.45, 2.75) is 5.03 Å². The lowest BCUT2D eigenvalue weighted by Gasteiger charge is -1.97. The molecule has 0 aliphatic heterocycles. The van der Waals surface area contributed by atoms with Crippen LogP contribution < -0.4 is 4.72 Å². The summed E-state index contributed by atoms with van der Waals surface area (Å²) in [4.78, 5) is 7.97. The highest BCUT2D eigenvalue weighted by Gasteiger charge is 1.90. The molecule has 0 spiro atoms. The van der Waals surface area contributed by atoms with Crippen LogP contribution in [0.5, 0.6) is 0 Å². The predicted octanol–water partition coefficient (Wildman–Crippen LogP) is 1.26. The molecule has 0 aromatic carbocycles. The summed E-state index contributed by atoms with van der Waals surface area (Å²) in [5.41, 5.74) is 0. The summed E-state index contributed by atoms with van der Waals surface area (Å²) in [7, 11) is 0. The Hall–Kier alpha value is -0.870. The Bertz CT molecular complexity index is 212. The molecule has 3 nitrogen and oxygen atoms in total. The summed E-state index contributed by atoms with van der Waals surface area (Å²) < 4.78 is 3.05. The molecule has 0 saturated carbocycles. The first kappa shape index (κ1) is 8.23. The van der Waals surface area contributed by atoms with Crippen molar-refractivity contribution in [1.29, 1.82) is 0 Å². The van der Waals surface area contributed by atoms with Crippen molar-refractivity contribution in [3.05, 3.63) is 31.2 Å². The van der Waals surface area contributed by atoms with Crippen molar-refractivity contribution in [1.82, 2.24) is 14.7 Å². The van der Waals surface area contributed by atoms with Crippen LogP contribution in [0.25, 0.3) is 0 Å². The lowest BCUT2D eigenvalue weighted by molar-refractivity contribution is 1.03. The molecule has 0 atom stereocenters. The van der Waals surface area contributed by atoms with E-state index in [0.717, 1.165) is 11.6 Å². The molecule has 1 aromatic heterocycles. The van der Waals surface area contributed by atoms with Gasteiger partial charge in [0.05, 0.1) is 6.20 Å². The third-order valence-electron chi connectivity index (χ3n) is 0.944. The second-order valence-electron chi connectivity index (χ2n) is 1.78. The van der Waals surface area contributed by atoms with E-state index in [4.69, 9.17) is 0 Å². The quantitative estimate of drug-likeness (QED) is 0.416. The van der Waals surface area contributed by atoms with Crippen molar-refractivity contribution in [2.24, 2.45) is 0 Å². The van der Waals surface area contributed by atoms with Crippen LogP contribution in [0.2, 0.25) is 0 Å². The molecule has 0 aliphatic carbocycles. The van der Waals surface area contributed by atoms with Gasteiger partial charge in [-0.1, -0.05) is 6.08 Å². The molecular formula is C7H9N3S. The van der Waals surface area contributed by atoms with Gasteiger partial charge in [-0.2, -0.15) is 0 Å². The summed E-state index contributed by atoms with van der Waals surface area (Å²) in [5.74, 6) is 0. The van der Waals surface area contributed by atoms with Crippen LogP contribution in [0.4, 0.5) is 0 Å². The Morgan fingerprint density at radius 1 is 1.64 bits per heavy atom. The van der Waals surface area contributed by atoms with E-state index in [1.807, 2.05) is 0 Å². The summed E-state index contributed by atoms with van der Waals surface area (Å²) in [5, 5.41) is 0.870. The van der Waals surface area contributed by atoms with Gasteiger partial charge >= 0.3 is 0 Å². The van der Waals surface area contributed by atoms with Crippen molar-refractivity contribution in [3.63, 3.8) is 0 Å². The molecule has 1 N–H and O–H groups in total. The van der Waals surface area contributed by atoms with Crippen molar-refractivity contribution < 1.29 is 0 Å². The van der Waals surface area contributed by atoms with Crippen LogP contribution in [0, 0.1) is 0 Å². The second kappa shape index (κ2) is 4.87. The van der Waals surface area contributed by atoms with Crippen LogP contribution in [0.15, 0.2) is 36.3 Å². The third-order valence-corrected chi connectivity index (χ3v) is 1.67. The molecule has 0 bridgehead atoms. The molecule has 1 aromatic rings. The van der Waals surface area contributed by atoms with Crippen molar-refractivity contribution in [2.75, 3.05) is 6.54 Å². The molecule has 1 rings (SSSR count). The zero-order chi connectivity index (χ0) is 7.94. The van der Waals surface area contributed by atoms with Gasteiger partial charge in [0, 0.05) is 18.9 Å². The standard InChI is InChI=1S/C7H9N3S/c1-2-3-10-11-7-6-8-4-5-9-7/h2,4-6,10H,1,3H2. The topological polar surface area (TPSA) is 37.8 Å². The van der Waals surface area contributed by atoms with E-state index in [0.29, 0.717) is 0 Å². The number of rotatable bonds is 4. The van der Waals surface area contributed by atoms with Gasteiger partial charge in [0.25, 0.3) is 0 Å². The normalized spacial score (nSPS) is 9.45. The van der Waals surface area contributed by atoms with Crippen molar-refractivity contribution in [3.8, 4) is 0 Å². The molecule has 0 unspecified atom stereocenters. The SMILES string of the molecule is C=CCNSc1cnccn1. The Morgan fingerprint density at radius 2 is 2.55 bits per heavy atom. The van der Waals surface area contributed by atoms with Gasteiger partial charge in [0.1, 0.15) is 5.03 Å². The number of hydrogen-bond donors (Lipinski definition) is 1. The number of nitrogens with one attached hydrogen (secondary N) is 1. The fraction of sp³-hybridized carbons (Fsp3) is 0.143. The maximum absolute atomic E-state index is 4.05. The Labute approximate surface area is 70.1 Å². The fourth-order valence-corrected chi connectivity index (χ4v) is 1.09. The molecule has 0 amide bonds. The summed E-state index contributed by atoms with van der Waals surface area (Å²) in [6.07, 6.45) is 6.82. The van der Waals surface area contributed by atoms with Gasteiger partial charge in [0.2, 0.25) is 0 Å². The van der Waals surface area contributed by atoms with E-state index in [2.05, 4.69) is 21.3 Å². The Kier molecular flexibility index (Phi) is 3.64. The highest BCUT2D eigenvalue weighted by Crippen LogP contribution is 2.06. The van der Waals surface area contributed by atoms with E-state index in [-0.39, 0.29) is 0 Å². The van der Waals surface area contributed by atoms with Crippen LogP contribution in [-0.4, -0.2) is 16.5 Å². The minimum Gasteiger partial charge on any atom is -0.260 e. The Balaban J connectivity index is 2.33. The maximum atomic E-state index is 4.05. The zero-order valence-electron chi connectivity index (χ0n) is 6.03. The highest BCUT2D eigenvalue weighted by atomic mass is 32.2. The average molecular weight is 167 g/mol. The van der Waals surface area contributed by atoms with Crippen LogP contribution in [0.1, 0.15) is 0 Å². The van der Waals surface area contributed by atoms with E-state index < -0.39 is 0 Å². The van der Waals surface area contributed by atoms with Crippen LogP contribution in [0.3, 0.4) is 0 Å². The molecule has 0 radical (unpaired) electrons. The number of nitrogens with zero attached hydrogens (tertiary/aromatic N) is 2. The zero-order valence-corrected chi connectivity index (χ0v) is 6.84. The van der Waals surface area contributed by atoms with E-state index >= 15 is 0 Å². The summed E-state index contributed by atoms with van der Waals surface area (Å²) in [6.45, 7) is 4.35. The third kappa shape index (κ3) is 3.15. The molecule has 58 valence electrons. The smallest absolute Gasteiger partial charge is 0.129 e. The van der Waals surface area contributed by atoms with Gasteiger partial charge in [-0.05, 0) is 11.9 Å². The molecule has 0 saturated heterocycles. The minimum absolute atomic E-state index is 0.765. The molecular weight excluding hydrogens is 158 g/mol.